The third-order valence-corrected chi connectivity index (χ3v) is 5.08. The Bertz CT molecular complexity index is 430. The molecule has 0 heterocycles. The molecule has 0 spiro atoms. The second-order valence-electron chi connectivity index (χ2n) is 7.18. The number of carbonyl (C=O) groups is 2. The maximum Gasteiger partial charge on any atom is 0.156 e. The van der Waals surface area contributed by atoms with Crippen LogP contribution in [0.3, 0.4) is 0 Å². The van der Waals surface area contributed by atoms with Gasteiger partial charge in [-0.15, -0.1) is 0 Å². The highest BCUT2D eigenvalue weighted by Crippen LogP contribution is 2.50. The van der Waals surface area contributed by atoms with Crippen LogP contribution >= 0.6 is 0 Å². The zero-order valence-corrected chi connectivity index (χ0v) is 11.4. The van der Waals surface area contributed by atoms with Crippen molar-refractivity contribution in [1.82, 2.24) is 0 Å². The minimum absolute atomic E-state index is 0.0271. The molecule has 2 fully saturated rings. The molecule has 0 radical (unpaired) electrons. The molecule has 2 heteroatoms. The molecule has 0 aromatic rings. The number of allylic oxidation sites excluding steroid dienone is 2. The fraction of sp³-hybridized carbons (Fsp3) is 0.750. The monoisotopic (exact) mass is 246 g/mol. The summed E-state index contributed by atoms with van der Waals surface area (Å²) in [7, 11) is 0. The Kier molecular flexibility index (Phi) is 2.72. The Hall–Kier alpha value is -0.920. The summed E-state index contributed by atoms with van der Waals surface area (Å²) >= 11 is 0. The van der Waals surface area contributed by atoms with Crippen LogP contribution < -0.4 is 0 Å². The second-order valence-corrected chi connectivity index (χ2v) is 7.18. The molecule has 0 bridgehead atoms. The molecule has 0 saturated heterocycles. The molecule has 0 aliphatic heterocycles. The molecule has 0 amide bonds. The highest BCUT2D eigenvalue weighted by molar-refractivity contribution is 5.94. The average Bonchev–Trinajstić information content (AvgIpc) is 2.81. The molecule has 2 saturated carbocycles. The van der Waals surface area contributed by atoms with Crippen LogP contribution in [-0.4, -0.2) is 11.6 Å². The first-order valence-corrected chi connectivity index (χ1v) is 7.22. The van der Waals surface area contributed by atoms with Crippen LogP contribution in [0, 0.1) is 23.2 Å². The molecular weight excluding hydrogens is 224 g/mol. The van der Waals surface area contributed by atoms with E-state index in [0.717, 1.165) is 19.3 Å². The number of fused-ring (bicyclic) bond motifs is 3. The van der Waals surface area contributed by atoms with Crippen molar-refractivity contribution in [3.8, 4) is 0 Å². The molecule has 3 aliphatic carbocycles. The highest BCUT2D eigenvalue weighted by atomic mass is 16.1. The Balaban J connectivity index is 1.97. The Morgan fingerprint density at radius 2 is 1.89 bits per heavy atom. The molecule has 0 N–H and O–H groups in total. The molecular formula is C16H22O2. The largest absolute Gasteiger partial charge is 0.299 e. The van der Waals surface area contributed by atoms with Crippen LogP contribution in [0.25, 0.3) is 0 Å². The third kappa shape index (κ3) is 1.96. The number of hydrogen-bond donors (Lipinski definition) is 0. The smallest absolute Gasteiger partial charge is 0.156 e. The summed E-state index contributed by atoms with van der Waals surface area (Å²) in [6.45, 7) is 4.34. The van der Waals surface area contributed by atoms with Crippen LogP contribution in [-0.2, 0) is 9.59 Å². The Morgan fingerprint density at radius 3 is 2.67 bits per heavy atom. The van der Waals surface area contributed by atoms with E-state index in [9.17, 15) is 9.59 Å². The van der Waals surface area contributed by atoms with E-state index in [1.165, 1.54) is 12.0 Å². The Morgan fingerprint density at radius 1 is 1.11 bits per heavy atom. The fourth-order valence-corrected chi connectivity index (χ4v) is 4.42. The number of rotatable bonds is 0. The maximum atomic E-state index is 12.4. The predicted octanol–water partition coefficient (Wildman–Crippen LogP) is 3.31. The van der Waals surface area contributed by atoms with Crippen molar-refractivity contribution in [3.05, 3.63) is 11.6 Å². The van der Waals surface area contributed by atoms with Gasteiger partial charge in [0.15, 0.2) is 5.78 Å². The van der Waals surface area contributed by atoms with Gasteiger partial charge in [0, 0.05) is 18.8 Å². The topological polar surface area (TPSA) is 34.1 Å². The minimum atomic E-state index is 0.0271. The van der Waals surface area contributed by atoms with Gasteiger partial charge in [-0.1, -0.05) is 25.8 Å². The van der Waals surface area contributed by atoms with Gasteiger partial charge < -0.3 is 0 Å². The van der Waals surface area contributed by atoms with E-state index in [2.05, 4.69) is 13.8 Å². The Labute approximate surface area is 109 Å². The minimum Gasteiger partial charge on any atom is -0.299 e. The molecule has 2 nitrogen and oxygen atoms in total. The summed E-state index contributed by atoms with van der Waals surface area (Å²) in [5.41, 5.74) is 1.37. The summed E-state index contributed by atoms with van der Waals surface area (Å²) in [5.74, 6) is 1.83. The van der Waals surface area contributed by atoms with E-state index < -0.39 is 0 Å². The van der Waals surface area contributed by atoms with Gasteiger partial charge in [-0.25, -0.2) is 0 Å². The zero-order chi connectivity index (χ0) is 12.9. The van der Waals surface area contributed by atoms with Gasteiger partial charge in [-0.05, 0) is 42.6 Å². The summed E-state index contributed by atoms with van der Waals surface area (Å²) in [6, 6.07) is 0. The van der Waals surface area contributed by atoms with Gasteiger partial charge in [0.25, 0.3) is 0 Å². The van der Waals surface area contributed by atoms with Gasteiger partial charge in [0.1, 0.15) is 5.78 Å². The average molecular weight is 246 g/mol. The molecule has 0 aromatic carbocycles. The lowest BCUT2D eigenvalue weighted by Gasteiger charge is -2.36. The molecule has 0 unspecified atom stereocenters. The first kappa shape index (κ1) is 12.1. The van der Waals surface area contributed by atoms with E-state index >= 15 is 0 Å². The molecule has 0 aromatic heterocycles. The van der Waals surface area contributed by atoms with Crippen LogP contribution in [0.2, 0.25) is 0 Å². The number of carbonyl (C=O) groups excluding carboxylic acids is 2. The fourth-order valence-electron chi connectivity index (χ4n) is 4.42. The van der Waals surface area contributed by atoms with E-state index in [1.807, 2.05) is 6.08 Å². The normalized spacial score (nSPS) is 38.8. The second kappa shape index (κ2) is 4.04. The van der Waals surface area contributed by atoms with Crippen molar-refractivity contribution in [1.29, 1.82) is 0 Å². The van der Waals surface area contributed by atoms with Crippen molar-refractivity contribution < 1.29 is 9.59 Å². The van der Waals surface area contributed by atoms with Crippen molar-refractivity contribution in [2.45, 2.75) is 52.4 Å². The first-order valence-electron chi connectivity index (χ1n) is 7.22. The van der Waals surface area contributed by atoms with E-state index in [1.54, 1.807) is 0 Å². The third-order valence-electron chi connectivity index (χ3n) is 5.08. The van der Waals surface area contributed by atoms with Gasteiger partial charge in [-0.2, -0.15) is 0 Å². The molecule has 18 heavy (non-hydrogen) atoms. The lowest BCUT2D eigenvalue weighted by molar-refractivity contribution is -0.127. The molecule has 3 rings (SSSR count). The van der Waals surface area contributed by atoms with E-state index in [-0.39, 0.29) is 17.1 Å². The van der Waals surface area contributed by atoms with Gasteiger partial charge in [0.2, 0.25) is 0 Å². The lowest BCUT2D eigenvalue weighted by Crippen LogP contribution is -2.33. The van der Waals surface area contributed by atoms with Gasteiger partial charge in [0.05, 0.1) is 0 Å². The zero-order valence-electron chi connectivity index (χ0n) is 11.4. The summed E-state index contributed by atoms with van der Waals surface area (Å²) in [5, 5.41) is 0. The van der Waals surface area contributed by atoms with Crippen molar-refractivity contribution >= 4 is 11.6 Å². The molecule has 3 atom stereocenters. The molecule has 3 aliphatic rings. The SMILES string of the molecule is CC1(C)CC(=O)[C@@H]2CCC[C@H]2[C@H]2CC(=O)C=C2C1. The predicted molar refractivity (Wildman–Crippen MR) is 70.1 cm³/mol. The summed E-state index contributed by atoms with van der Waals surface area (Å²) < 4.78 is 0. The van der Waals surface area contributed by atoms with Crippen LogP contribution in [0.4, 0.5) is 0 Å². The van der Waals surface area contributed by atoms with Crippen LogP contribution in [0.1, 0.15) is 52.4 Å². The van der Waals surface area contributed by atoms with Crippen LogP contribution in [0.5, 0.6) is 0 Å². The summed E-state index contributed by atoms with van der Waals surface area (Å²) in [4.78, 5) is 24.2. The van der Waals surface area contributed by atoms with Gasteiger partial charge in [-0.3, -0.25) is 9.59 Å². The van der Waals surface area contributed by atoms with Gasteiger partial charge >= 0.3 is 0 Å². The number of Topliss-reactive ketones (excluding diaryl/α,β-unsaturated/α-hetero) is 1. The van der Waals surface area contributed by atoms with Crippen molar-refractivity contribution in [2.24, 2.45) is 23.2 Å². The quantitative estimate of drug-likeness (QED) is 0.657. The number of hydrogen-bond acceptors (Lipinski definition) is 2. The van der Waals surface area contributed by atoms with E-state index in [0.29, 0.717) is 30.5 Å². The first-order chi connectivity index (χ1) is 8.46. The summed E-state index contributed by atoms with van der Waals surface area (Å²) in [6.07, 6.45) is 7.53. The van der Waals surface area contributed by atoms with E-state index in [4.69, 9.17) is 0 Å². The van der Waals surface area contributed by atoms with Crippen molar-refractivity contribution in [2.75, 3.05) is 0 Å². The maximum absolute atomic E-state index is 12.4. The molecule has 98 valence electrons. The standard InChI is InChI=1S/C16H22O2/c1-16(2)8-10-6-11(17)7-14(10)12-4-3-5-13(12)15(18)9-16/h6,12-14H,3-5,7-9H2,1-2H3/t12-,13-,14+/m1/s1. The highest BCUT2D eigenvalue weighted by Gasteiger charge is 2.45. The van der Waals surface area contributed by atoms with Crippen LogP contribution in [0.15, 0.2) is 11.6 Å². The van der Waals surface area contributed by atoms with Crippen molar-refractivity contribution in [3.63, 3.8) is 0 Å². The number of ketones is 2. The lowest BCUT2D eigenvalue weighted by atomic mass is 9.68.